The smallest absolute Gasteiger partial charge is 0.267 e. The van der Waals surface area contributed by atoms with Crippen LogP contribution in [0.2, 0.25) is 5.02 Å². The van der Waals surface area contributed by atoms with Crippen molar-refractivity contribution in [3.63, 3.8) is 0 Å². The fourth-order valence-electron chi connectivity index (χ4n) is 2.29. The monoisotopic (exact) mass is 397 g/mol. The van der Waals surface area contributed by atoms with Crippen molar-refractivity contribution in [1.82, 2.24) is 0 Å². The molecule has 0 aliphatic carbocycles. The average molecular weight is 398 g/mol. The number of rotatable bonds is 4. The molecule has 3 rings (SSSR count). The van der Waals surface area contributed by atoms with Gasteiger partial charge in [0.05, 0.1) is 15.7 Å². The summed E-state index contributed by atoms with van der Waals surface area (Å²) in [6, 6.07) is 10.1. The van der Waals surface area contributed by atoms with Gasteiger partial charge >= 0.3 is 0 Å². The van der Waals surface area contributed by atoms with Crippen LogP contribution in [0.5, 0.6) is 0 Å². The van der Waals surface area contributed by atoms with Crippen LogP contribution in [0, 0.1) is 5.82 Å². The summed E-state index contributed by atoms with van der Waals surface area (Å²) in [5.74, 6) is -0.824. The Kier molecular flexibility index (Phi) is 4.81. The second kappa shape index (κ2) is 6.74. The van der Waals surface area contributed by atoms with Gasteiger partial charge in [0.25, 0.3) is 5.91 Å². The lowest BCUT2D eigenvalue weighted by Crippen LogP contribution is -2.11. The zero-order chi connectivity index (χ0) is 18.2. The third-order valence-corrected chi connectivity index (χ3v) is 7.06. The molecule has 0 radical (unpaired) electrons. The number of hydrogen-bond acceptors (Lipinski definition) is 4. The third-order valence-electron chi connectivity index (χ3n) is 3.65. The topological polar surface area (TPSA) is 63.2 Å². The standard InChI is InChI=1S/C17H13ClFNO3S2/c1-2-25(22,23)12-6-4-11(5-7-12)20-17(21)16-15(18)13-8-3-10(19)9-14(13)24-16/h3-9H,2H2,1H3,(H,20,21). The largest absolute Gasteiger partial charge is 0.321 e. The number of carbonyl (C=O) groups excluding carboxylic acids is 1. The van der Waals surface area contributed by atoms with Crippen LogP contribution < -0.4 is 5.32 Å². The fraction of sp³-hybridized carbons (Fsp3) is 0.118. The number of amides is 1. The van der Waals surface area contributed by atoms with Crippen LogP contribution in [0.1, 0.15) is 16.6 Å². The highest BCUT2D eigenvalue weighted by Crippen LogP contribution is 2.36. The first-order valence-corrected chi connectivity index (χ1v) is 10.2. The molecule has 0 aliphatic rings. The van der Waals surface area contributed by atoms with Crippen LogP contribution in [0.3, 0.4) is 0 Å². The lowest BCUT2D eigenvalue weighted by Gasteiger charge is -2.06. The molecule has 0 fully saturated rings. The van der Waals surface area contributed by atoms with E-state index in [9.17, 15) is 17.6 Å². The van der Waals surface area contributed by atoms with Crippen molar-refractivity contribution in [3.8, 4) is 0 Å². The molecule has 8 heteroatoms. The molecule has 1 amide bonds. The van der Waals surface area contributed by atoms with Gasteiger partial charge in [-0.1, -0.05) is 18.5 Å². The van der Waals surface area contributed by atoms with E-state index in [1.54, 1.807) is 6.92 Å². The highest BCUT2D eigenvalue weighted by molar-refractivity contribution is 7.91. The molecule has 0 saturated carbocycles. The van der Waals surface area contributed by atoms with Crippen LogP contribution in [0.15, 0.2) is 47.4 Å². The maximum atomic E-state index is 13.3. The molecule has 1 aromatic heterocycles. The zero-order valence-electron chi connectivity index (χ0n) is 13.0. The van der Waals surface area contributed by atoms with E-state index in [1.807, 2.05) is 0 Å². The van der Waals surface area contributed by atoms with Crippen molar-refractivity contribution in [1.29, 1.82) is 0 Å². The molecule has 0 saturated heterocycles. The summed E-state index contributed by atoms with van der Waals surface area (Å²) < 4.78 is 37.5. The van der Waals surface area contributed by atoms with E-state index in [2.05, 4.69) is 5.32 Å². The first-order chi connectivity index (χ1) is 11.8. The van der Waals surface area contributed by atoms with Crippen molar-refractivity contribution in [2.24, 2.45) is 0 Å². The minimum absolute atomic E-state index is 0.00661. The van der Waals surface area contributed by atoms with Gasteiger partial charge in [0.2, 0.25) is 0 Å². The Bertz CT molecular complexity index is 1060. The number of nitrogens with one attached hydrogen (secondary N) is 1. The van der Waals surface area contributed by atoms with E-state index in [-0.39, 0.29) is 20.5 Å². The molecule has 3 aromatic rings. The van der Waals surface area contributed by atoms with Crippen LogP contribution in [0.25, 0.3) is 10.1 Å². The molecule has 0 bridgehead atoms. The number of fused-ring (bicyclic) bond motifs is 1. The predicted molar refractivity (Wildman–Crippen MR) is 98.9 cm³/mol. The second-order valence-corrected chi connectivity index (χ2v) is 8.98. The Hall–Kier alpha value is -1.96. The number of hydrogen-bond donors (Lipinski definition) is 1. The molecular weight excluding hydrogens is 385 g/mol. The Morgan fingerprint density at radius 3 is 2.52 bits per heavy atom. The third kappa shape index (κ3) is 3.53. The van der Waals surface area contributed by atoms with E-state index in [1.165, 1.54) is 42.5 Å². The minimum Gasteiger partial charge on any atom is -0.321 e. The van der Waals surface area contributed by atoms with E-state index < -0.39 is 21.6 Å². The van der Waals surface area contributed by atoms with Crippen molar-refractivity contribution in [2.75, 3.05) is 11.1 Å². The van der Waals surface area contributed by atoms with E-state index in [0.29, 0.717) is 15.8 Å². The van der Waals surface area contributed by atoms with Gasteiger partial charge in [0.1, 0.15) is 10.7 Å². The van der Waals surface area contributed by atoms with Crippen LogP contribution in [0.4, 0.5) is 10.1 Å². The summed E-state index contributed by atoms with van der Waals surface area (Å²) in [4.78, 5) is 12.9. The summed E-state index contributed by atoms with van der Waals surface area (Å²) in [7, 11) is -3.29. The Morgan fingerprint density at radius 2 is 1.88 bits per heavy atom. The molecule has 0 atom stereocenters. The van der Waals surface area contributed by atoms with Crippen molar-refractivity contribution in [2.45, 2.75) is 11.8 Å². The van der Waals surface area contributed by atoms with Crippen LogP contribution >= 0.6 is 22.9 Å². The first-order valence-electron chi connectivity index (χ1n) is 7.33. The van der Waals surface area contributed by atoms with E-state index in [4.69, 9.17) is 11.6 Å². The molecule has 1 heterocycles. The predicted octanol–water partition coefficient (Wildman–Crippen LogP) is 4.74. The zero-order valence-corrected chi connectivity index (χ0v) is 15.4. The molecule has 0 unspecified atom stereocenters. The number of halogens is 2. The number of benzene rings is 2. The molecule has 4 nitrogen and oxygen atoms in total. The first kappa shape index (κ1) is 17.8. The van der Waals surface area contributed by atoms with Gasteiger partial charge in [-0.05, 0) is 42.5 Å². The maximum Gasteiger partial charge on any atom is 0.267 e. The lowest BCUT2D eigenvalue weighted by molar-refractivity contribution is 0.103. The van der Waals surface area contributed by atoms with E-state index in [0.717, 1.165) is 11.3 Å². The highest BCUT2D eigenvalue weighted by atomic mass is 35.5. The van der Waals surface area contributed by atoms with Crippen LogP contribution in [-0.2, 0) is 9.84 Å². The maximum absolute atomic E-state index is 13.3. The fourth-order valence-corrected chi connectivity index (χ4v) is 4.61. The Morgan fingerprint density at radius 1 is 1.20 bits per heavy atom. The molecule has 2 aromatic carbocycles. The minimum atomic E-state index is -3.29. The van der Waals surface area contributed by atoms with Gasteiger partial charge < -0.3 is 5.32 Å². The van der Waals surface area contributed by atoms with Gasteiger partial charge in [0, 0.05) is 15.8 Å². The number of carbonyl (C=O) groups is 1. The molecule has 1 N–H and O–H groups in total. The molecule has 0 spiro atoms. The number of anilines is 1. The normalized spacial score (nSPS) is 11.6. The lowest BCUT2D eigenvalue weighted by atomic mass is 10.2. The van der Waals surface area contributed by atoms with Crippen molar-refractivity contribution >= 4 is 54.5 Å². The summed E-state index contributed by atoms with van der Waals surface area (Å²) in [5.41, 5.74) is 0.444. The van der Waals surface area contributed by atoms with Crippen molar-refractivity contribution < 1.29 is 17.6 Å². The number of thiophene rings is 1. The number of sulfone groups is 1. The SMILES string of the molecule is CCS(=O)(=O)c1ccc(NC(=O)c2sc3cc(F)ccc3c2Cl)cc1. The van der Waals surface area contributed by atoms with Crippen LogP contribution in [-0.4, -0.2) is 20.1 Å². The van der Waals surface area contributed by atoms with Crippen molar-refractivity contribution in [3.05, 3.63) is 58.2 Å². The average Bonchev–Trinajstić information content (AvgIpc) is 2.91. The van der Waals surface area contributed by atoms with E-state index >= 15 is 0 Å². The summed E-state index contributed by atoms with van der Waals surface area (Å²) in [6.45, 7) is 1.57. The van der Waals surface area contributed by atoms with Gasteiger partial charge in [-0.3, -0.25) is 4.79 Å². The summed E-state index contributed by atoms with van der Waals surface area (Å²) in [6.07, 6.45) is 0. The van der Waals surface area contributed by atoms with Gasteiger partial charge in [-0.15, -0.1) is 11.3 Å². The Labute approximate surface area is 153 Å². The Balaban J connectivity index is 1.86. The summed E-state index contributed by atoms with van der Waals surface area (Å²) in [5, 5.41) is 3.55. The molecule has 25 heavy (non-hydrogen) atoms. The second-order valence-electron chi connectivity index (χ2n) is 5.27. The molecule has 0 aliphatic heterocycles. The van der Waals surface area contributed by atoms with Gasteiger partial charge in [-0.25, -0.2) is 12.8 Å². The molecular formula is C17H13ClFNO3S2. The highest BCUT2D eigenvalue weighted by Gasteiger charge is 2.18. The quantitative estimate of drug-likeness (QED) is 0.691. The van der Waals surface area contributed by atoms with Gasteiger partial charge in [0.15, 0.2) is 9.84 Å². The summed E-state index contributed by atoms with van der Waals surface area (Å²) >= 11 is 7.32. The molecule has 130 valence electrons. The van der Waals surface area contributed by atoms with Gasteiger partial charge in [-0.2, -0.15) is 0 Å².